The third-order valence-electron chi connectivity index (χ3n) is 3.38. The fraction of sp³-hybridized carbons (Fsp3) is 0.0625. The highest BCUT2D eigenvalue weighted by Gasteiger charge is 2.14. The molecule has 0 aliphatic rings. The van der Waals surface area contributed by atoms with Crippen molar-refractivity contribution in [2.75, 3.05) is 0 Å². The van der Waals surface area contributed by atoms with Crippen molar-refractivity contribution in [3.05, 3.63) is 59.8 Å². The summed E-state index contributed by atoms with van der Waals surface area (Å²) in [5, 5.41) is 19.3. The molecule has 0 bridgehead atoms. The normalized spacial score (nSPS) is 10.6. The monoisotopic (exact) mass is 294 g/mol. The predicted molar refractivity (Wildman–Crippen MR) is 81.7 cm³/mol. The van der Waals surface area contributed by atoms with E-state index >= 15 is 0 Å². The van der Waals surface area contributed by atoms with E-state index in [0.29, 0.717) is 5.69 Å². The average Bonchev–Trinajstić information content (AvgIpc) is 3.05. The molecule has 3 aromatic rings. The van der Waals surface area contributed by atoms with Crippen LogP contribution in [0.25, 0.3) is 22.4 Å². The molecule has 22 heavy (non-hydrogen) atoms. The van der Waals surface area contributed by atoms with Gasteiger partial charge in [0.25, 0.3) is 5.91 Å². The number of nitrogens with one attached hydrogen (secondary N) is 1. The Bertz CT molecular complexity index is 809. The van der Waals surface area contributed by atoms with Crippen LogP contribution in [0.1, 0.15) is 16.1 Å². The summed E-state index contributed by atoms with van der Waals surface area (Å²) in [5.41, 5.74) is 9.44. The molecule has 0 radical (unpaired) electrons. The highest BCUT2D eigenvalue weighted by molar-refractivity contribution is 5.96. The number of aliphatic hydroxyl groups is 1. The number of carbonyl (C=O) groups excluding carboxylic acids is 1. The summed E-state index contributed by atoms with van der Waals surface area (Å²) in [6.45, 7) is 0.00678. The molecule has 0 fully saturated rings. The molecular formula is C16H14N4O2. The predicted octanol–water partition coefficient (Wildman–Crippen LogP) is 1.73. The lowest BCUT2D eigenvalue weighted by atomic mass is 10.0. The second kappa shape index (κ2) is 5.79. The number of H-pyrrole nitrogens is 1. The van der Waals surface area contributed by atoms with E-state index in [1.54, 1.807) is 0 Å². The lowest BCUT2D eigenvalue weighted by molar-refractivity contribution is 0.0996. The van der Waals surface area contributed by atoms with E-state index in [9.17, 15) is 9.90 Å². The summed E-state index contributed by atoms with van der Waals surface area (Å²) >= 11 is 0. The first kappa shape index (κ1) is 14.0. The van der Waals surface area contributed by atoms with Gasteiger partial charge in [-0.15, -0.1) is 0 Å². The first-order valence-electron chi connectivity index (χ1n) is 6.70. The third-order valence-corrected chi connectivity index (χ3v) is 3.38. The molecule has 110 valence electrons. The molecule has 0 spiro atoms. The zero-order valence-corrected chi connectivity index (χ0v) is 11.7. The van der Waals surface area contributed by atoms with E-state index in [4.69, 9.17) is 5.73 Å². The molecular weight excluding hydrogens is 280 g/mol. The van der Waals surface area contributed by atoms with Gasteiger partial charge in [-0.1, -0.05) is 42.5 Å². The molecule has 1 amide bonds. The van der Waals surface area contributed by atoms with Gasteiger partial charge in [0.2, 0.25) is 0 Å². The van der Waals surface area contributed by atoms with Crippen LogP contribution in [0.15, 0.2) is 48.5 Å². The SMILES string of the molecule is NC(=O)c1n[nH]nc1-c1ccc(-c2cccc(CO)c2)cc1. The van der Waals surface area contributed by atoms with E-state index in [2.05, 4.69) is 15.4 Å². The first-order chi connectivity index (χ1) is 10.7. The van der Waals surface area contributed by atoms with Crippen molar-refractivity contribution in [2.45, 2.75) is 6.61 Å². The van der Waals surface area contributed by atoms with Crippen LogP contribution in [-0.4, -0.2) is 26.4 Å². The smallest absolute Gasteiger partial charge is 0.271 e. The van der Waals surface area contributed by atoms with Gasteiger partial charge in [0.1, 0.15) is 5.69 Å². The van der Waals surface area contributed by atoms with Gasteiger partial charge in [-0.25, -0.2) is 0 Å². The molecule has 3 rings (SSSR count). The molecule has 6 heteroatoms. The Labute approximate surface area is 126 Å². The number of hydrogen-bond donors (Lipinski definition) is 3. The Balaban J connectivity index is 1.95. The van der Waals surface area contributed by atoms with Crippen LogP contribution >= 0.6 is 0 Å². The average molecular weight is 294 g/mol. The molecule has 0 aliphatic carbocycles. The maximum absolute atomic E-state index is 11.3. The molecule has 6 nitrogen and oxygen atoms in total. The minimum atomic E-state index is -0.622. The van der Waals surface area contributed by atoms with Crippen molar-refractivity contribution in [1.82, 2.24) is 15.4 Å². The first-order valence-corrected chi connectivity index (χ1v) is 6.70. The van der Waals surface area contributed by atoms with Gasteiger partial charge >= 0.3 is 0 Å². The summed E-state index contributed by atoms with van der Waals surface area (Å²) in [4.78, 5) is 11.3. The summed E-state index contributed by atoms with van der Waals surface area (Å²) in [7, 11) is 0. The van der Waals surface area contributed by atoms with E-state index in [-0.39, 0.29) is 12.3 Å². The topological polar surface area (TPSA) is 105 Å². The van der Waals surface area contributed by atoms with Crippen LogP contribution in [0, 0.1) is 0 Å². The van der Waals surface area contributed by atoms with Gasteiger partial charge in [-0.05, 0) is 22.8 Å². The summed E-state index contributed by atoms with van der Waals surface area (Å²) in [6, 6.07) is 15.2. The fourth-order valence-corrected chi connectivity index (χ4v) is 2.27. The molecule has 1 aromatic heterocycles. The van der Waals surface area contributed by atoms with E-state index in [1.807, 2.05) is 48.5 Å². The van der Waals surface area contributed by atoms with E-state index < -0.39 is 5.91 Å². The van der Waals surface area contributed by atoms with Gasteiger partial charge in [0.15, 0.2) is 5.69 Å². The summed E-state index contributed by atoms with van der Waals surface area (Å²) in [6.07, 6.45) is 0. The highest BCUT2D eigenvalue weighted by atomic mass is 16.3. The molecule has 1 heterocycles. The lowest BCUT2D eigenvalue weighted by Gasteiger charge is -2.05. The van der Waals surface area contributed by atoms with Crippen LogP contribution in [-0.2, 0) is 6.61 Å². The van der Waals surface area contributed by atoms with Crippen molar-refractivity contribution < 1.29 is 9.90 Å². The number of nitrogens with two attached hydrogens (primary N) is 1. The molecule has 0 aliphatic heterocycles. The van der Waals surface area contributed by atoms with E-state index in [0.717, 1.165) is 22.3 Å². The van der Waals surface area contributed by atoms with Crippen LogP contribution < -0.4 is 5.73 Å². The number of rotatable bonds is 4. The quantitative estimate of drug-likeness (QED) is 0.681. The lowest BCUT2D eigenvalue weighted by Crippen LogP contribution is -2.12. The largest absolute Gasteiger partial charge is 0.392 e. The maximum Gasteiger partial charge on any atom is 0.271 e. The Morgan fingerprint density at radius 1 is 1.05 bits per heavy atom. The van der Waals surface area contributed by atoms with Crippen molar-refractivity contribution in [2.24, 2.45) is 5.73 Å². The third kappa shape index (κ3) is 2.59. The second-order valence-electron chi connectivity index (χ2n) is 4.82. The van der Waals surface area contributed by atoms with E-state index in [1.165, 1.54) is 0 Å². The maximum atomic E-state index is 11.3. The van der Waals surface area contributed by atoms with Crippen LogP contribution in [0.4, 0.5) is 0 Å². The summed E-state index contributed by atoms with van der Waals surface area (Å²) < 4.78 is 0. The van der Waals surface area contributed by atoms with Crippen molar-refractivity contribution in [3.8, 4) is 22.4 Å². The molecule has 2 aromatic carbocycles. The number of primary amides is 1. The zero-order valence-electron chi connectivity index (χ0n) is 11.7. The molecule has 0 unspecified atom stereocenters. The number of aromatic nitrogens is 3. The Morgan fingerprint density at radius 3 is 2.45 bits per heavy atom. The minimum absolute atomic E-state index is 0.00678. The number of amides is 1. The van der Waals surface area contributed by atoms with Crippen LogP contribution in [0.3, 0.4) is 0 Å². The van der Waals surface area contributed by atoms with Crippen molar-refractivity contribution >= 4 is 5.91 Å². The molecule has 4 N–H and O–H groups in total. The number of aromatic amines is 1. The van der Waals surface area contributed by atoms with Gasteiger partial charge in [-0.3, -0.25) is 4.79 Å². The van der Waals surface area contributed by atoms with Gasteiger partial charge in [0, 0.05) is 5.56 Å². The molecule has 0 saturated carbocycles. The zero-order chi connectivity index (χ0) is 15.5. The van der Waals surface area contributed by atoms with Crippen molar-refractivity contribution in [1.29, 1.82) is 0 Å². The number of carbonyl (C=O) groups is 1. The van der Waals surface area contributed by atoms with Crippen molar-refractivity contribution in [3.63, 3.8) is 0 Å². The van der Waals surface area contributed by atoms with Gasteiger partial charge in [-0.2, -0.15) is 15.4 Å². The highest BCUT2D eigenvalue weighted by Crippen LogP contribution is 2.25. The van der Waals surface area contributed by atoms with Crippen LogP contribution in [0.5, 0.6) is 0 Å². The molecule has 0 atom stereocenters. The Morgan fingerprint density at radius 2 is 1.77 bits per heavy atom. The Hall–Kier alpha value is -2.99. The van der Waals surface area contributed by atoms with Crippen LogP contribution in [0.2, 0.25) is 0 Å². The van der Waals surface area contributed by atoms with Gasteiger partial charge < -0.3 is 10.8 Å². The second-order valence-corrected chi connectivity index (χ2v) is 4.82. The minimum Gasteiger partial charge on any atom is -0.392 e. The summed E-state index contributed by atoms with van der Waals surface area (Å²) in [5.74, 6) is -0.622. The van der Waals surface area contributed by atoms with Gasteiger partial charge in [0.05, 0.1) is 6.61 Å². The number of benzene rings is 2. The fourth-order valence-electron chi connectivity index (χ4n) is 2.27. The number of hydrogen-bond acceptors (Lipinski definition) is 4. The number of aliphatic hydroxyl groups excluding tert-OH is 1. The number of nitrogens with zero attached hydrogens (tertiary/aromatic N) is 2. The standard InChI is InChI=1S/C16H14N4O2/c17-16(22)15-14(18-20-19-15)12-6-4-11(5-7-12)13-3-1-2-10(8-13)9-21/h1-8,21H,9H2,(H2,17,22)(H,18,19,20). The molecule has 0 saturated heterocycles. The Kier molecular flexibility index (Phi) is 3.67.